The number of hydrogen-bond donors (Lipinski definition) is 0. The summed E-state index contributed by atoms with van der Waals surface area (Å²) >= 11 is 0. The SMILES string of the molecule is COc1ccc(C2=NN(C(C)=O)[C@@H](c3ccc(OC)cc3)[C@@H]2OC(C)=O)cc1. The fraction of sp³-hybridized carbons (Fsp3) is 0.286. The van der Waals surface area contributed by atoms with Crippen molar-refractivity contribution in [2.45, 2.75) is 26.0 Å². The molecule has 28 heavy (non-hydrogen) atoms. The third kappa shape index (κ3) is 3.83. The van der Waals surface area contributed by atoms with Crippen molar-refractivity contribution in [3.8, 4) is 11.5 Å². The smallest absolute Gasteiger partial charge is 0.303 e. The van der Waals surface area contributed by atoms with E-state index in [0.717, 1.165) is 11.1 Å². The van der Waals surface area contributed by atoms with Crippen molar-refractivity contribution in [3.05, 3.63) is 59.7 Å². The number of benzene rings is 2. The van der Waals surface area contributed by atoms with Crippen molar-refractivity contribution in [2.24, 2.45) is 5.10 Å². The molecule has 0 aliphatic carbocycles. The Morgan fingerprint density at radius 3 is 1.89 bits per heavy atom. The number of carbonyl (C=O) groups excluding carboxylic acids is 2. The van der Waals surface area contributed by atoms with Crippen LogP contribution in [-0.2, 0) is 14.3 Å². The van der Waals surface area contributed by atoms with E-state index in [4.69, 9.17) is 14.2 Å². The van der Waals surface area contributed by atoms with Crippen LogP contribution in [0, 0.1) is 0 Å². The molecule has 0 spiro atoms. The predicted octanol–water partition coefficient (Wildman–Crippen LogP) is 2.94. The van der Waals surface area contributed by atoms with Gasteiger partial charge in [0.25, 0.3) is 0 Å². The Morgan fingerprint density at radius 2 is 1.43 bits per heavy atom. The summed E-state index contributed by atoms with van der Waals surface area (Å²) in [6.45, 7) is 2.77. The highest BCUT2D eigenvalue weighted by atomic mass is 16.5. The first-order chi connectivity index (χ1) is 13.4. The summed E-state index contributed by atoms with van der Waals surface area (Å²) in [6.07, 6.45) is -0.733. The summed E-state index contributed by atoms with van der Waals surface area (Å²) in [5.41, 5.74) is 2.04. The summed E-state index contributed by atoms with van der Waals surface area (Å²) in [7, 11) is 3.17. The maximum atomic E-state index is 12.3. The van der Waals surface area contributed by atoms with Gasteiger partial charge in [0.05, 0.1) is 14.2 Å². The number of esters is 1. The molecule has 0 radical (unpaired) electrons. The first-order valence-corrected chi connectivity index (χ1v) is 8.78. The van der Waals surface area contributed by atoms with Gasteiger partial charge in [-0.1, -0.05) is 12.1 Å². The maximum Gasteiger partial charge on any atom is 0.303 e. The topological polar surface area (TPSA) is 77.4 Å². The molecule has 0 bridgehead atoms. The fourth-order valence-electron chi connectivity index (χ4n) is 3.18. The molecule has 146 valence electrons. The number of methoxy groups -OCH3 is 2. The van der Waals surface area contributed by atoms with Gasteiger partial charge in [0.1, 0.15) is 23.3 Å². The van der Waals surface area contributed by atoms with Gasteiger partial charge in [-0.15, -0.1) is 0 Å². The lowest BCUT2D eigenvalue weighted by atomic mass is 9.95. The van der Waals surface area contributed by atoms with Gasteiger partial charge in [-0.2, -0.15) is 5.10 Å². The predicted molar refractivity (Wildman–Crippen MR) is 103 cm³/mol. The minimum atomic E-state index is -0.733. The normalized spacial score (nSPS) is 18.4. The fourth-order valence-corrected chi connectivity index (χ4v) is 3.18. The van der Waals surface area contributed by atoms with Crippen molar-refractivity contribution >= 4 is 17.6 Å². The van der Waals surface area contributed by atoms with Crippen LogP contribution < -0.4 is 9.47 Å². The van der Waals surface area contributed by atoms with Crippen LogP contribution in [0.2, 0.25) is 0 Å². The Morgan fingerprint density at radius 1 is 0.893 bits per heavy atom. The van der Waals surface area contributed by atoms with Crippen LogP contribution in [0.5, 0.6) is 11.5 Å². The van der Waals surface area contributed by atoms with E-state index in [1.807, 2.05) is 24.3 Å². The van der Waals surface area contributed by atoms with Gasteiger partial charge < -0.3 is 14.2 Å². The van der Waals surface area contributed by atoms with Crippen LogP contribution >= 0.6 is 0 Å². The van der Waals surface area contributed by atoms with Crippen molar-refractivity contribution < 1.29 is 23.8 Å². The van der Waals surface area contributed by atoms with Gasteiger partial charge in [-0.3, -0.25) is 9.59 Å². The highest BCUT2D eigenvalue weighted by Gasteiger charge is 2.43. The van der Waals surface area contributed by atoms with Gasteiger partial charge >= 0.3 is 5.97 Å². The zero-order valence-electron chi connectivity index (χ0n) is 16.2. The van der Waals surface area contributed by atoms with Crippen LogP contribution in [0.3, 0.4) is 0 Å². The minimum absolute atomic E-state index is 0.249. The highest BCUT2D eigenvalue weighted by Crippen LogP contribution is 2.36. The largest absolute Gasteiger partial charge is 0.497 e. The molecule has 0 fully saturated rings. The number of ether oxygens (including phenoxy) is 3. The number of hydrogen-bond acceptors (Lipinski definition) is 6. The third-order valence-corrected chi connectivity index (χ3v) is 4.49. The molecule has 1 heterocycles. The second kappa shape index (κ2) is 8.12. The lowest BCUT2D eigenvalue weighted by Gasteiger charge is -2.26. The molecule has 0 saturated carbocycles. The van der Waals surface area contributed by atoms with Crippen LogP contribution in [0.1, 0.15) is 31.0 Å². The van der Waals surface area contributed by atoms with Gasteiger partial charge in [0.15, 0.2) is 6.10 Å². The Labute approximate surface area is 163 Å². The lowest BCUT2D eigenvalue weighted by Crippen LogP contribution is -2.35. The Bertz CT molecular complexity index is 890. The van der Waals surface area contributed by atoms with Crippen molar-refractivity contribution in [2.75, 3.05) is 14.2 Å². The number of carbonyl (C=O) groups is 2. The van der Waals surface area contributed by atoms with Crippen LogP contribution in [0.15, 0.2) is 53.6 Å². The number of hydrazone groups is 1. The molecule has 2 aromatic carbocycles. The molecule has 1 amide bonds. The first kappa shape index (κ1) is 19.4. The molecule has 2 aromatic rings. The van der Waals surface area contributed by atoms with E-state index in [0.29, 0.717) is 17.2 Å². The van der Waals surface area contributed by atoms with E-state index in [2.05, 4.69) is 5.10 Å². The molecule has 0 aromatic heterocycles. The average Bonchev–Trinajstić information content (AvgIpc) is 3.07. The molecule has 1 aliphatic heterocycles. The van der Waals surface area contributed by atoms with E-state index in [-0.39, 0.29) is 5.91 Å². The molecule has 3 rings (SSSR count). The third-order valence-electron chi connectivity index (χ3n) is 4.49. The summed E-state index contributed by atoms with van der Waals surface area (Å²) in [5.74, 6) is 0.689. The Balaban J connectivity index is 2.05. The molecule has 7 nitrogen and oxygen atoms in total. The second-order valence-corrected chi connectivity index (χ2v) is 6.33. The second-order valence-electron chi connectivity index (χ2n) is 6.33. The lowest BCUT2D eigenvalue weighted by molar-refractivity contribution is -0.147. The van der Waals surface area contributed by atoms with Crippen molar-refractivity contribution in [1.29, 1.82) is 0 Å². The number of rotatable bonds is 5. The van der Waals surface area contributed by atoms with E-state index in [1.165, 1.54) is 18.9 Å². The Hall–Kier alpha value is -3.35. The number of amides is 1. The maximum absolute atomic E-state index is 12.3. The zero-order valence-corrected chi connectivity index (χ0v) is 16.2. The Kier molecular flexibility index (Phi) is 5.63. The number of nitrogens with zero attached hydrogens (tertiary/aromatic N) is 2. The summed E-state index contributed by atoms with van der Waals surface area (Å²) < 4.78 is 16.0. The van der Waals surface area contributed by atoms with Gasteiger partial charge in [0, 0.05) is 19.4 Å². The minimum Gasteiger partial charge on any atom is -0.497 e. The quantitative estimate of drug-likeness (QED) is 0.743. The highest BCUT2D eigenvalue weighted by molar-refractivity contribution is 6.07. The summed E-state index contributed by atoms with van der Waals surface area (Å²) in [6, 6.07) is 13.9. The average molecular weight is 382 g/mol. The molecule has 7 heteroatoms. The van der Waals surface area contributed by atoms with Crippen molar-refractivity contribution in [1.82, 2.24) is 5.01 Å². The van der Waals surface area contributed by atoms with Gasteiger partial charge in [0.2, 0.25) is 5.91 Å². The van der Waals surface area contributed by atoms with Crippen molar-refractivity contribution in [3.63, 3.8) is 0 Å². The molecule has 0 N–H and O–H groups in total. The monoisotopic (exact) mass is 382 g/mol. The van der Waals surface area contributed by atoms with Crippen LogP contribution in [-0.4, -0.2) is 42.9 Å². The first-order valence-electron chi connectivity index (χ1n) is 8.78. The molecular weight excluding hydrogens is 360 g/mol. The standard InChI is InChI=1S/C21H22N2O5/c1-13(24)23-20(16-7-11-18(27-4)12-8-16)21(28-14(2)25)19(22-23)15-5-9-17(26-3)10-6-15/h5-12,20-21H,1-4H3/t20-,21+/m0/s1. The van der Waals surface area contributed by atoms with E-state index >= 15 is 0 Å². The molecule has 0 saturated heterocycles. The van der Waals surface area contributed by atoms with Gasteiger partial charge in [-0.25, -0.2) is 5.01 Å². The van der Waals surface area contributed by atoms with Crippen LogP contribution in [0.4, 0.5) is 0 Å². The van der Waals surface area contributed by atoms with E-state index in [1.54, 1.807) is 38.5 Å². The van der Waals surface area contributed by atoms with Crippen LogP contribution in [0.25, 0.3) is 0 Å². The zero-order chi connectivity index (χ0) is 20.3. The van der Waals surface area contributed by atoms with E-state index in [9.17, 15) is 9.59 Å². The molecule has 1 aliphatic rings. The molecule has 0 unspecified atom stereocenters. The van der Waals surface area contributed by atoms with Gasteiger partial charge in [-0.05, 0) is 42.0 Å². The van der Waals surface area contributed by atoms with E-state index < -0.39 is 18.1 Å². The molecule has 2 atom stereocenters. The molecular formula is C21H22N2O5. The summed E-state index contributed by atoms with van der Waals surface area (Å²) in [4.78, 5) is 24.1. The summed E-state index contributed by atoms with van der Waals surface area (Å²) in [5, 5.41) is 5.86.